The van der Waals surface area contributed by atoms with Crippen molar-refractivity contribution in [1.29, 1.82) is 0 Å². The van der Waals surface area contributed by atoms with Gasteiger partial charge in [0.15, 0.2) is 6.61 Å². The van der Waals surface area contributed by atoms with Gasteiger partial charge in [0.05, 0.1) is 26.1 Å². The van der Waals surface area contributed by atoms with Crippen molar-refractivity contribution in [1.82, 2.24) is 0 Å². The highest BCUT2D eigenvalue weighted by Gasteiger charge is 2.27. The fraction of sp³-hybridized carbons (Fsp3) is 0.455. The fourth-order valence-corrected chi connectivity index (χ4v) is 2.04. The molecule has 0 heterocycles. The summed E-state index contributed by atoms with van der Waals surface area (Å²) in [5.74, 6) is -1.01. The van der Waals surface area contributed by atoms with Crippen molar-refractivity contribution >= 4 is 19.0 Å². The number of rotatable bonds is 6. The first-order valence-corrected chi connectivity index (χ1v) is 6.73. The zero-order valence-electron chi connectivity index (χ0n) is 11.0. The van der Waals surface area contributed by atoms with Crippen LogP contribution in [0.5, 0.6) is 0 Å². The average molecular weight is 290 g/mol. The van der Waals surface area contributed by atoms with Crippen LogP contribution in [0.2, 0.25) is 0 Å². The standard InChI is InChI=1S/C11H16FN2O4P/c1-14(2,3)6-7-18-19(17)9-4-5-11(13(15)16)10(12)8-9/h4-5,8H,6-7H2,1-3H3/q+2. The second kappa shape index (κ2) is 6.14. The molecule has 19 heavy (non-hydrogen) atoms. The van der Waals surface area contributed by atoms with Crippen LogP contribution < -0.4 is 5.30 Å². The van der Waals surface area contributed by atoms with E-state index >= 15 is 0 Å². The first kappa shape index (κ1) is 15.6. The van der Waals surface area contributed by atoms with Crippen molar-refractivity contribution in [3.8, 4) is 0 Å². The van der Waals surface area contributed by atoms with Crippen LogP contribution in [-0.4, -0.2) is 43.7 Å². The molecule has 0 aliphatic heterocycles. The molecule has 0 saturated carbocycles. The highest BCUT2D eigenvalue weighted by molar-refractivity contribution is 7.48. The molecule has 0 bridgehead atoms. The molecule has 0 N–H and O–H groups in total. The van der Waals surface area contributed by atoms with Crippen LogP contribution in [0, 0.1) is 15.9 Å². The van der Waals surface area contributed by atoms with Crippen molar-refractivity contribution in [3.63, 3.8) is 0 Å². The Morgan fingerprint density at radius 1 is 1.42 bits per heavy atom. The van der Waals surface area contributed by atoms with Crippen molar-refractivity contribution in [2.75, 3.05) is 34.3 Å². The van der Waals surface area contributed by atoms with Crippen molar-refractivity contribution in [2.24, 2.45) is 0 Å². The Labute approximate surface area is 111 Å². The minimum Gasteiger partial charge on any atom is -0.329 e. The van der Waals surface area contributed by atoms with Crippen LogP contribution in [0.3, 0.4) is 0 Å². The largest absolute Gasteiger partial charge is 0.549 e. The van der Waals surface area contributed by atoms with Gasteiger partial charge in [-0.2, -0.15) is 4.39 Å². The van der Waals surface area contributed by atoms with Gasteiger partial charge in [-0.05, 0) is 4.57 Å². The van der Waals surface area contributed by atoms with E-state index in [1.54, 1.807) is 0 Å². The summed E-state index contributed by atoms with van der Waals surface area (Å²) >= 11 is 0. The van der Waals surface area contributed by atoms with Gasteiger partial charge in [0, 0.05) is 18.2 Å². The predicted molar refractivity (Wildman–Crippen MR) is 69.1 cm³/mol. The molecule has 1 aromatic rings. The second-order valence-corrected chi connectivity index (χ2v) is 6.29. The summed E-state index contributed by atoms with van der Waals surface area (Å²) in [4.78, 5) is 9.62. The van der Waals surface area contributed by atoms with Crippen LogP contribution in [-0.2, 0) is 9.09 Å². The van der Waals surface area contributed by atoms with Gasteiger partial charge in [-0.3, -0.25) is 10.1 Å². The minimum absolute atomic E-state index is 0.111. The highest BCUT2D eigenvalue weighted by Crippen LogP contribution is 2.24. The van der Waals surface area contributed by atoms with Crippen molar-refractivity contribution < 1.29 is 22.9 Å². The van der Waals surface area contributed by atoms with E-state index in [1.807, 2.05) is 21.1 Å². The number of nitrogens with zero attached hydrogens (tertiary/aromatic N) is 2. The molecule has 0 aliphatic rings. The summed E-state index contributed by atoms with van der Waals surface area (Å²) < 4.78 is 30.9. The highest BCUT2D eigenvalue weighted by atomic mass is 31.1. The maximum absolute atomic E-state index is 13.3. The van der Waals surface area contributed by atoms with Gasteiger partial charge >= 0.3 is 13.7 Å². The molecule has 104 valence electrons. The molecular formula is C11H16FN2O4P+2. The first-order chi connectivity index (χ1) is 8.70. The summed E-state index contributed by atoms with van der Waals surface area (Å²) in [5.41, 5.74) is -0.640. The lowest BCUT2D eigenvalue weighted by Crippen LogP contribution is -2.37. The molecule has 0 amide bonds. The van der Waals surface area contributed by atoms with Gasteiger partial charge in [-0.1, -0.05) is 0 Å². The molecule has 0 aromatic heterocycles. The second-order valence-electron chi connectivity index (χ2n) is 5.00. The van der Waals surface area contributed by atoms with Gasteiger partial charge in [-0.25, -0.2) is 0 Å². The summed E-state index contributed by atoms with van der Waals surface area (Å²) in [6.07, 6.45) is 0. The molecule has 6 nitrogen and oxygen atoms in total. The maximum atomic E-state index is 13.3. The van der Waals surface area contributed by atoms with E-state index in [0.29, 0.717) is 11.0 Å². The van der Waals surface area contributed by atoms with Crippen molar-refractivity contribution in [2.45, 2.75) is 0 Å². The topological polar surface area (TPSA) is 69.4 Å². The van der Waals surface area contributed by atoms with E-state index in [-0.39, 0.29) is 11.9 Å². The Morgan fingerprint density at radius 3 is 2.53 bits per heavy atom. The lowest BCUT2D eigenvalue weighted by Gasteiger charge is -2.21. The van der Waals surface area contributed by atoms with Crippen LogP contribution in [0.25, 0.3) is 0 Å². The molecule has 8 heteroatoms. The van der Waals surface area contributed by atoms with E-state index < -0.39 is 24.5 Å². The number of benzene rings is 1. The quantitative estimate of drug-likeness (QED) is 0.347. The van der Waals surface area contributed by atoms with E-state index in [2.05, 4.69) is 0 Å². The average Bonchev–Trinajstić information content (AvgIpc) is 2.26. The smallest absolute Gasteiger partial charge is 0.329 e. The van der Waals surface area contributed by atoms with E-state index in [9.17, 15) is 19.1 Å². The number of likely N-dealkylation sites (N-methyl/N-ethyl adjacent to an activating group) is 1. The molecule has 1 atom stereocenters. The Bertz CT molecular complexity index is 502. The molecule has 0 fully saturated rings. The number of hydrogen-bond donors (Lipinski definition) is 0. The van der Waals surface area contributed by atoms with Gasteiger partial charge in [0.1, 0.15) is 6.54 Å². The molecule has 1 unspecified atom stereocenters. The van der Waals surface area contributed by atoms with E-state index in [4.69, 9.17) is 4.52 Å². The summed E-state index contributed by atoms with van der Waals surface area (Å²) in [5, 5.41) is 10.6. The third kappa shape index (κ3) is 4.98. The third-order valence-corrected chi connectivity index (χ3v) is 3.43. The Hall–Kier alpha value is -1.43. The molecule has 0 radical (unpaired) electrons. The summed E-state index contributed by atoms with van der Waals surface area (Å²) in [7, 11) is 3.68. The van der Waals surface area contributed by atoms with E-state index in [1.165, 1.54) is 6.07 Å². The van der Waals surface area contributed by atoms with Gasteiger partial charge in [-0.15, -0.1) is 4.52 Å². The van der Waals surface area contributed by atoms with E-state index in [0.717, 1.165) is 12.1 Å². The lowest BCUT2D eigenvalue weighted by atomic mass is 10.3. The number of nitro groups is 1. The summed E-state index contributed by atoms with van der Waals surface area (Å²) in [6.45, 7) is 0.911. The Morgan fingerprint density at radius 2 is 2.05 bits per heavy atom. The first-order valence-electron chi connectivity index (χ1n) is 5.55. The normalized spacial score (nSPS) is 12.3. The van der Waals surface area contributed by atoms with Gasteiger partial charge < -0.3 is 4.48 Å². The Kier molecular flexibility index (Phi) is 5.05. The van der Waals surface area contributed by atoms with Gasteiger partial charge in [0.2, 0.25) is 11.1 Å². The summed E-state index contributed by atoms with van der Waals surface area (Å²) in [6, 6.07) is 3.11. The molecule has 1 rings (SSSR count). The van der Waals surface area contributed by atoms with Crippen molar-refractivity contribution in [3.05, 3.63) is 34.1 Å². The van der Waals surface area contributed by atoms with Crippen LogP contribution in [0.4, 0.5) is 10.1 Å². The van der Waals surface area contributed by atoms with Crippen LogP contribution in [0.15, 0.2) is 18.2 Å². The number of halogens is 1. The fourth-order valence-electron chi connectivity index (χ4n) is 1.23. The minimum atomic E-state index is -2.20. The van der Waals surface area contributed by atoms with Gasteiger partial charge in [0.25, 0.3) is 0 Å². The molecule has 0 saturated heterocycles. The SMILES string of the molecule is C[N+](C)(C)CCO[P+](=O)c1ccc([N+](=O)[O-])c(F)c1. The van der Waals surface area contributed by atoms with Crippen LogP contribution in [0.1, 0.15) is 0 Å². The molecule has 1 aromatic carbocycles. The lowest BCUT2D eigenvalue weighted by molar-refractivity contribution is -0.870. The Balaban J connectivity index is 2.68. The van der Waals surface area contributed by atoms with Crippen LogP contribution >= 0.6 is 8.03 Å². The zero-order chi connectivity index (χ0) is 14.6. The third-order valence-electron chi connectivity index (χ3n) is 2.31. The maximum Gasteiger partial charge on any atom is 0.549 e. The molecule has 0 aliphatic carbocycles. The number of hydrogen-bond acceptors (Lipinski definition) is 4. The number of nitro benzene ring substituents is 1. The predicted octanol–water partition coefficient (Wildman–Crippen LogP) is 1.82. The number of quaternary nitrogens is 1. The zero-order valence-corrected chi connectivity index (χ0v) is 11.9. The molecule has 0 spiro atoms. The molecular weight excluding hydrogens is 274 g/mol. The monoisotopic (exact) mass is 290 g/mol.